The van der Waals surface area contributed by atoms with E-state index in [0.717, 1.165) is 43.4 Å². The van der Waals surface area contributed by atoms with Crippen molar-refractivity contribution in [3.63, 3.8) is 0 Å². The Kier molecular flexibility index (Phi) is 7.86. The summed E-state index contributed by atoms with van der Waals surface area (Å²) in [5.74, 6) is 0.397. The average Bonchev–Trinajstić information content (AvgIpc) is 3.28. The molecule has 0 unspecified atom stereocenters. The van der Waals surface area contributed by atoms with Crippen molar-refractivity contribution in [3.8, 4) is 5.95 Å². The van der Waals surface area contributed by atoms with Gasteiger partial charge in [0.2, 0.25) is 5.95 Å². The van der Waals surface area contributed by atoms with Gasteiger partial charge in [0, 0.05) is 49.1 Å². The highest BCUT2D eigenvalue weighted by Gasteiger charge is 2.36. The molecule has 1 aliphatic carbocycles. The van der Waals surface area contributed by atoms with Gasteiger partial charge in [0.15, 0.2) is 0 Å². The molecule has 3 aromatic rings. The third kappa shape index (κ3) is 5.11. The minimum Gasteiger partial charge on any atom is -0.350 e. The summed E-state index contributed by atoms with van der Waals surface area (Å²) in [4.78, 5) is 27.0. The Morgan fingerprint density at radius 1 is 1.12 bits per heavy atom. The fourth-order valence-electron chi connectivity index (χ4n) is 4.96. The number of benzene rings is 1. The van der Waals surface area contributed by atoms with Gasteiger partial charge >= 0.3 is 0 Å². The highest BCUT2D eigenvalue weighted by atomic mass is 35.5. The Hall–Kier alpha value is -2.48. The second kappa shape index (κ2) is 10.8. The molecule has 7 nitrogen and oxygen atoms in total. The molecule has 0 radical (unpaired) electrons. The Bertz CT molecular complexity index is 1110. The maximum Gasteiger partial charge on any atom is 0.253 e. The summed E-state index contributed by atoms with van der Waals surface area (Å²) in [5, 5.41) is 4.54. The summed E-state index contributed by atoms with van der Waals surface area (Å²) < 4.78 is 1.83. The lowest BCUT2D eigenvalue weighted by molar-refractivity contribution is 0.0615. The molecule has 0 bridgehead atoms. The van der Waals surface area contributed by atoms with Crippen molar-refractivity contribution in [1.29, 1.82) is 0 Å². The summed E-state index contributed by atoms with van der Waals surface area (Å²) in [5.41, 5.74) is 1.34. The van der Waals surface area contributed by atoms with Crippen LogP contribution in [0.3, 0.4) is 0 Å². The van der Waals surface area contributed by atoms with Gasteiger partial charge in [0.25, 0.3) is 5.91 Å². The van der Waals surface area contributed by atoms with Crippen molar-refractivity contribution < 1.29 is 4.79 Å². The lowest BCUT2D eigenvalue weighted by Gasteiger charge is -2.45. The van der Waals surface area contributed by atoms with E-state index in [2.05, 4.69) is 46.1 Å². The normalized spacial score (nSPS) is 15.8. The number of carbonyl (C=O) groups is 1. The number of amides is 1. The van der Waals surface area contributed by atoms with Gasteiger partial charge in [-0.3, -0.25) is 14.3 Å². The van der Waals surface area contributed by atoms with Crippen LogP contribution < -0.4 is 5.32 Å². The first-order valence-electron chi connectivity index (χ1n) is 12.2. The molecule has 2 aromatic heterocycles. The van der Waals surface area contributed by atoms with E-state index in [1.165, 1.54) is 19.3 Å². The number of nitrogens with zero attached hydrogens (tertiary/aromatic N) is 5. The van der Waals surface area contributed by atoms with E-state index >= 15 is 0 Å². The van der Waals surface area contributed by atoms with Crippen LogP contribution in [0.4, 0.5) is 0 Å². The zero-order valence-electron chi connectivity index (χ0n) is 20.4. The Balaban J connectivity index is 1.58. The lowest BCUT2D eigenvalue weighted by atomic mass is 9.80. The predicted octanol–water partition coefficient (Wildman–Crippen LogP) is 4.39. The Morgan fingerprint density at radius 3 is 2.56 bits per heavy atom. The topological polar surface area (TPSA) is 66.3 Å². The summed E-state index contributed by atoms with van der Waals surface area (Å²) in [6, 6.07) is 7.41. The number of rotatable bonds is 9. The number of likely N-dealkylation sites (N-methyl/N-ethyl adjacent to an activating group) is 2. The molecule has 1 aromatic carbocycles. The lowest BCUT2D eigenvalue weighted by Crippen LogP contribution is -2.56. The van der Waals surface area contributed by atoms with Crippen molar-refractivity contribution in [1.82, 2.24) is 29.7 Å². The molecule has 0 atom stereocenters. The average molecular weight is 483 g/mol. The second-order valence-electron chi connectivity index (χ2n) is 9.38. The second-order valence-corrected chi connectivity index (χ2v) is 9.79. The standard InChI is InChI=1S/C26H35ClN6O/c1-4-31(2)16-17-32(3)26(12-6-5-7-13-26)19-30-24(34)20-18-33(25-28-14-9-15-29-25)22-11-8-10-21(27)23(20)22/h8-11,14-15,18H,4-7,12-13,16-17,19H2,1-3H3,(H,30,34). The van der Waals surface area contributed by atoms with Crippen LogP contribution in [0, 0.1) is 0 Å². The van der Waals surface area contributed by atoms with Crippen molar-refractivity contribution in [2.45, 2.75) is 44.6 Å². The highest BCUT2D eigenvalue weighted by molar-refractivity contribution is 6.37. The van der Waals surface area contributed by atoms with Gasteiger partial charge in [-0.05, 0) is 51.7 Å². The zero-order valence-corrected chi connectivity index (χ0v) is 21.2. The molecule has 1 saturated carbocycles. The predicted molar refractivity (Wildman–Crippen MR) is 138 cm³/mol. The van der Waals surface area contributed by atoms with E-state index in [1.54, 1.807) is 24.7 Å². The molecule has 182 valence electrons. The van der Waals surface area contributed by atoms with E-state index in [0.29, 0.717) is 23.1 Å². The van der Waals surface area contributed by atoms with Gasteiger partial charge in [0.1, 0.15) is 0 Å². The zero-order chi connectivity index (χ0) is 24.1. The molecule has 4 rings (SSSR count). The van der Waals surface area contributed by atoms with Gasteiger partial charge in [-0.25, -0.2) is 9.97 Å². The monoisotopic (exact) mass is 482 g/mol. The summed E-state index contributed by atoms with van der Waals surface area (Å²) >= 11 is 6.57. The molecule has 34 heavy (non-hydrogen) atoms. The first-order chi connectivity index (χ1) is 16.4. The first-order valence-corrected chi connectivity index (χ1v) is 12.6. The third-order valence-electron chi connectivity index (χ3n) is 7.32. The molecule has 8 heteroatoms. The number of fused-ring (bicyclic) bond motifs is 1. The Labute approximate surface area is 207 Å². The summed E-state index contributed by atoms with van der Waals surface area (Å²) in [7, 11) is 4.36. The number of aromatic nitrogens is 3. The number of halogens is 1. The van der Waals surface area contributed by atoms with E-state index < -0.39 is 0 Å². The fraction of sp³-hybridized carbons (Fsp3) is 0.500. The van der Waals surface area contributed by atoms with Crippen molar-refractivity contribution >= 4 is 28.4 Å². The van der Waals surface area contributed by atoms with Crippen LogP contribution in [0.25, 0.3) is 16.9 Å². The largest absolute Gasteiger partial charge is 0.350 e. The number of nitrogens with one attached hydrogen (secondary N) is 1. The third-order valence-corrected chi connectivity index (χ3v) is 7.63. The minimum atomic E-state index is -0.114. The van der Waals surface area contributed by atoms with Crippen molar-refractivity contribution in [2.24, 2.45) is 0 Å². The number of hydrogen-bond acceptors (Lipinski definition) is 5. The molecule has 1 fully saturated rings. The van der Waals surface area contributed by atoms with Crippen LogP contribution in [-0.2, 0) is 0 Å². The summed E-state index contributed by atoms with van der Waals surface area (Å²) in [6.07, 6.45) is 11.0. The molecule has 0 spiro atoms. The van der Waals surface area contributed by atoms with Crippen LogP contribution in [0.15, 0.2) is 42.9 Å². The Morgan fingerprint density at radius 2 is 1.85 bits per heavy atom. The van der Waals surface area contributed by atoms with Gasteiger partial charge in [-0.2, -0.15) is 0 Å². The smallest absolute Gasteiger partial charge is 0.253 e. The van der Waals surface area contributed by atoms with Gasteiger partial charge < -0.3 is 10.2 Å². The molecule has 2 heterocycles. The van der Waals surface area contributed by atoms with Crippen LogP contribution in [0.5, 0.6) is 0 Å². The molecular weight excluding hydrogens is 448 g/mol. The number of carbonyl (C=O) groups excluding carboxylic acids is 1. The first kappa shape index (κ1) is 24.6. The maximum absolute atomic E-state index is 13.5. The summed E-state index contributed by atoms with van der Waals surface area (Å²) in [6.45, 7) is 5.84. The van der Waals surface area contributed by atoms with Crippen LogP contribution in [0.1, 0.15) is 49.4 Å². The maximum atomic E-state index is 13.5. The molecule has 0 saturated heterocycles. The number of hydrogen-bond donors (Lipinski definition) is 1. The quantitative estimate of drug-likeness (QED) is 0.490. The van der Waals surface area contributed by atoms with Gasteiger partial charge in [-0.1, -0.05) is 43.9 Å². The van der Waals surface area contributed by atoms with E-state index in [9.17, 15) is 4.79 Å². The van der Waals surface area contributed by atoms with Crippen LogP contribution in [-0.4, -0.2) is 76.1 Å². The molecule has 1 amide bonds. The van der Waals surface area contributed by atoms with Crippen LogP contribution >= 0.6 is 11.6 Å². The minimum absolute atomic E-state index is 0.0206. The molecular formula is C26H35ClN6O. The van der Waals surface area contributed by atoms with Crippen LogP contribution in [0.2, 0.25) is 5.02 Å². The van der Waals surface area contributed by atoms with E-state index in [-0.39, 0.29) is 11.4 Å². The van der Waals surface area contributed by atoms with Crippen molar-refractivity contribution in [2.75, 3.05) is 40.3 Å². The van der Waals surface area contributed by atoms with Crippen molar-refractivity contribution in [3.05, 3.63) is 53.4 Å². The SMILES string of the molecule is CCN(C)CCN(C)C1(CNC(=O)c2cn(-c3ncccn3)c3cccc(Cl)c23)CCCCC1. The fourth-order valence-corrected chi connectivity index (χ4v) is 5.23. The molecule has 0 aliphatic heterocycles. The van der Waals surface area contributed by atoms with E-state index in [4.69, 9.17) is 11.6 Å². The van der Waals surface area contributed by atoms with Gasteiger partial charge in [0.05, 0.1) is 16.1 Å². The molecule has 1 aliphatic rings. The van der Waals surface area contributed by atoms with E-state index in [1.807, 2.05) is 22.8 Å². The highest BCUT2D eigenvalue weighted by Crippen LogP contribution is 2.33. The molecule has 1 N–H and O–H groups in total. The van der Waals surface area contributed by atoms with Gasteiger partial charge in [-0.15, -0.1) is 0 Å².